The number of rotatable bonds is 2. The third-order valence-electron chi connectivity index (χ3n) is 2.14. The van der Waals surface area contributed by atoms with E-state index in [2.05, 4.69) is 37.0 Å². The highest BCUT2D eigenvalue weighted by Gasteiger charge is 2.05. The Balaban J connectivity index is 2.05. The van der Waals surface area contributed by atoms with Crippen molar-refractivity contribution in [2.45, 2.75) is 9.79 Å². The smallest absolute Gasteiger partial charge is 0.159 e. The number of benzene rings is 2. The Morgan fingerprint density at radius 3 is 1.47 bits per heavy atom. The predicted octanol–water partition coefficient (Wildman–Crippen LogP) is 5.33. The number of hydrogen-bond donors (Lipinski definition) is 1. The third kappa shape index (κ3) is 4.87. The van der Waals surface area contributed by atoms with E-state index in [0.29, 0.717) is 0 Å². The lowest BCUT2D eigenvalue weighted by Crippen LogP contribution is -1.92. The first-order valence-electron chi connectivity index (χ1n) is 5.32. The molecular formula is C13H10Br2N2S2. The highest BCUT2D eigenvalue weighted by atomic mass is 79.9. The first-order chi connectivity index (χ1) is 9.17. The average molecular weight is 418 g/mol. The van der Waals surface area contributed by atoms with Crippen molar-refractivity contribution < 1.29 is 0 Å². The van der Waals surface area contributed by atoms with Crippen LogP contribution in [0.4, 0.5) is 0 Å². The lowest BCUT2D eigenvalue weighted by molar-refractivity contribution is 1.27. The fraction of sp³-hybridized carbons (Fsp3) is 0. The van der Waals surface area contributed by atoms with Crippen LogP contribution in [-0.4, -0.2) is 4.38 Å². The van der Waals surface area contributed by atoms with Gasteiger partial charge in [0.15, 0.2) is 4.38 Å². The summed E-state index contributed by atoms with van der Waals surface area (Å²) in [5.74, 6) is 5.46. The lowest BCUT2D eigenvalue weighted by atomic mass is 10.4. The van der Waals surface area contributed by atoms with Crippen LogP contribution >= 0.6 is 55.4 Å². The molecule has 0 saturated carbocycles. The van der Waals surface area contributed by atoms with Crippen LogP contribution in [0, 0.1) is 0 Å². The summed E-state index contributed by atoms with van der Waals surface area (Å²) < 4.78 is 2.93. The van der Waals surface area contributed by atoms with Gasteiger partial charge in [-0.25, -0.2) is 0 Å². The van der Waals surface area contributed by atoms with Crippen LogP contribution < -0.4 is 5.84 Å². The summed E-state index contributed by atoms with van der Waals surface area (Å²) in [5, 5.41) is 3.84. The number of hydrogen-bond acceptors (Lipinski definition) is 4. The zero-order valence-corrected chi connectivity index (χ0v) is 14.5. The molecule has 0 aliphatic rings. The Bertz CT molecular complexity index is 519. The van der Waals surface area contributed by atoms with Gasteiger partial charge in [0.05, 0.1) is 0 Å². The molecule has 0 heterocycles. The molecule has 0 saturated heterocycles. The summed E-state index contributed by atoms with van der Waals surface area (Å²) in [4.78, 5) is 2.22. The van der Waals surface area contributed by atoms with Crippen molar-refractivity contribution >= 4 is 59.8 Å². The summed E-state index contributed by atoms with van der Waals surface area (Å²) in [6.07, 6.45) is 0. The van der Waals surface area contributed by atoms with Crippen molar-refractivity contribution in [2.75, 3.05) is 0 Å². The first kappa shape index (κ1) is 15.0. The summed E-state index contributed by atoms with van der Waals surface area (Å²) in [7, 11) is 0. The summed E-state index contributed by atoms with van der Waals surface area (Å²) >= 11 is 9.93. The van der Waals surface area contributed by atoms with E-state index in [-0.39, 0.29) is 0 Å². The molecule has 2 rings (SSSR count). The Hall–Kier alpha value is -0.430. The number of thioether (sulfide) groups is 2. The fourth-order valence-corrected chi connectivity index (χ4v) is 3.61. The molecule has 0 aliphatic carbocycles. The molecule has 19 heavy (non-hydrogen) atoms. The van der Waals surface area contributed by atoms with Crippen LogP contribution in [0.3, 0.4) is 0 Å². The van der Waals surface area contributed by atoms with Gasteiger partial charge in [-0.1, -0.05) is 55.4 Å². The van der Waals surface area contributed by atoms with Gasteiger partial charge in [0.25, 0.3) is 0 Å². The second-order valence-corrected chi connectivity index (χ2v) is 7.72. The molecule has 0 aromatic heterocycles. The van der Waals surface area contributed by atoms with Gasteiger partial charge in [-0.3, -0.25) is 0 Å². The molecule has 6 heteroatoms. The minimum Gasteiger partial charge on any atom is -0.322 e. The Kier molecular flexibility index (Phi) is 5.81. The molecule has 2 nitrogen and oxygen atoms in total. The highest BCUT2D eigenvalue weighted by Crippen LogP contribution is 2.31. The molecule has 98 valence electrons. The van der Waals surface area contributed by atoms with Crippen molar-refractivity contribution in [2.24, 2.45) is 10.9 Å². The maximum atomic E-state index is 5.46. The van der Waals surface area contributed by atoms with Crippen molar-refractivity contribution in [3.63, 3.8) is 0 Å². The molecule has 0 atom stereocenters. The van der Waals surface area contributed by atoms with Crippen LogP contribution in [0.25, 0.3) is 0 Å². The molecular weight excluding hydrogens is 408 g/mol. The van der Waals surface area contributed by atoms with E-state index in [1.807, 2.05) is 48.5 Å². The van der Waals surface area contributed by atoms with Gasteiger partial charge in [0.1, 0.15) is 0 Å². The number of hydrazone groups is 1. The van der Waals surface area contributed by atoms with E-state index >= 15 is 0 Å². The van der Waals surface area contributed by atoms with Crippen LogP contribution in [0.2, 0.25) is 0 Å². The fourth-order valence-electron chi connectivity index (χ4n) is 1.28. The standard InChI is InChI=1S/C13H10Br2N2S2/c14-9-1-5-11(6-2-9)18-13(17-16)19-12-7-3-10(15)4-8-12/h1-8H,16H2. The molecule has 2 N–H and O–H groups in total. The van der Waals surface area contributed by atoms with Gasteiger partial charge >= 0.3 is 0 Å². The summed E-state index contributed by atoms with van der Waals surface area (Å²) in [5.41, 5.74) is 0. The lowest BCUT2D eigenvalue weighted by Gasteiger charge is -2.05. The van der Waals surface area contributed by atoms with Crippen molar-refractivity contribution in [1.82, 2.24) is 0 Å². The van der Waals surface area contributed by atoms with Crippen molar-refractivity contribution in [1.29, 1.82) is 0 Å². The topological polar surface area (TPSA) is 38.4 Å². The van der Waals surface area contributed by atoms with Crippen LogP contribution in [0.15, 0.2) is 72.4 Å². The third-order valence-corrected chi connectivity index (χ3v) is 5.28. The molecule has 2 aromatic rings. The number of nitrogens with two attached hydrogens (primary N) is 1. The molecule has 0 amide bonds. The number of nitrogens with zero attached hydrogens (tertiary/aromatic N) is 1. The molecule has 0 unspecified atom stereocenters. The van der Waals surface area contributed by atoms with Gasteiger partial charge in [-0.2, -0.15) is 5.10 Å². The minimum atomic E-state index is 0.810. The maximum Gasteiger partial charge on any atom is 0.159 e. The van der Waals surface area contributed by atoms with E-state index < -0.39 is 0 Å². The van der Waals surface area contributed by atoms with E-state index in [1.54, 1.807) is 23.5 Å². The van der Waals surface area contributed by atoms with Gasteiger partial charge < -0.3 is 5.84 Å². The number of halogens is 2. The SMILES string of the molecule is NN=C(Sc1ccc(Br)cc1)Sc1ccc(Br)cc1. The molecule has 0 bridgehead atoms. The first-order valence-corrected chi connectivity index (χ1v) is 8.54. The summed E-state index contributed by atoms with van der Waals surface area (Å²) in [6.45, 7) is 0. The molecule has 0 radical (unpaired) electrons. The average Bonchev–Trinajstić information content (AvgIpc) is 2.43. The van der Waals surface area contributed by atoms with E-state index in [0.717, 1.165) is 23.1 Å². The van der Waals surface area contributed by atoms with Crippen LogP contribution in [0.1, 0.15) is 0 Å². The van der Waals surface area contributed by atoms with E-state index in [4.69, 9.17) is 5.84 Å². The molecule has 2 aromatic carbocycles. The molecule has 0 aliphatic heterocycles. The molecule has 0 spiro atoms. The van der Waals surface area contributed by atoms with Gasteiger partial charge in [-0.05, 0) is 48.5 Å². The van der Waals surface area contributed by atoms with Crippen LogP contribution in [-0.2, 0) is 0 Å². The van der Waals surface area contributed by atoms with Crippen LogP contribution in [0.5, 0.6) is 0 Å². The van der Waals surface area contributed by atoms with Crippen molar-refractivity contribution in [3.8, 4) is 0 Å². The predicted molar refractivity (Wildman–Crippen MR) is 91.6 cm³/mol. The Morgan fingerprint density at radius 1 is 0.789 bits per heavy atom. The van der Waals surface area contributed by atoms with E-state index in [1.165, 1.54) is 0 Å². The second-order valence-electron chi connectivity index (χ2n) is 3.51. The quantitative estimate of drug-likeness (QED) is 0.236. The zero-order chi connectivity index (χ0) is 13.7. The monoisotopic (exact) mass is 416 g/mol. The normalized spacial score (nSPS) is 10.2. The maximum absolute atomic E-state index is 5.46. The van der Waals surface area contributed by atoms with Gasteiger partial charge in [0, 0.05) is 18.7 Å². The van der Waals surface area contributed by atoms with Gasteiger partial charge in [-0.15, -0.1) is 0 Å². The minimum absolute atomic E-state index is 0.810. The Labute approximate surface area is 137 Å². The highest BCUT2D eigenvalue weighted by molar-refractivity contribution is 9.10. The zero-order valence-electron chi connectivity index (χ0n) is 9.72. The summed E-state index contributed by atoms with van der Waals surface area (Å²) in [6, 6.07) is 16.1. The molecule has 0 fully saturated rings. The van der Waals surface area contributed by atoms with Gasteiger partial charge in [0.2, 0.25) is 0 Å². The largest absolute Gasteiger partial charge is 0.322 e. The van der Waals surface area contributed by atoms with Crippen molar-refractivity contribution in [3.05, 3.63) is 57.5 Å². The second kappa shape index (κ2) is 7.38. The Morgan fingerprint density at radius 2 is 1.16 bits per heavy atom. The van der Waals surface area contributed by atoms with E-state index in [9.17, 15) is 0 Å².